The van der Waals surface area contributed by atoms with E-state index in [1.165, 1.54) is 12.1 Å². The number of ether oxygens (including phenoxy) is 1. The van der Waals surface area contributed by atoms with Crippen molar-refractivity contribution in [3.8, 4) is 0 Å². The summed E-state index contributed by atoms with van der Waals surface area (Å²) >= 11 is 0. The molecule has 0 aliphatic rings. The smallest absolute Gasteiger partial charge is 0.407 e. The molecule has 3 rings (SSSR count). The Balaban J connectivity index is 0.000000364. The van der Waals surface area contributed by atoms with E-state index in [4.69, 9.17) is 19.5 Å². The summed E-state index contributed by atoms with van der Waals surface area (Å²) in [6.07, 6.45) is 2.58. The molecule has 0 bridgehead atoms. The molecule has 1 heterocycles. The van der Waals surface area contributed by atoms with E-state index in [1.54, 1.807) is 12.1 Å². The molecule has 0 fully saturated rings. The van der Waals surface area contributed by atoms with Crippen molar-refractivity contribution in [2.75, 3.05) is 6.54 Å². The van der Waals surface area contributed by atoms with Crippen LogP contribution in [0.3, 0.4) is 0 Å². The number of nitrogens with one attached hydrogen (secondary N) is 1. The van der Waals surface area contributed by atoms with Crippen LogP contribution in [0.1, 0.15) is 68.9 Å². The molecule has 0 aliphatic carbocycles. The van der Waals surface area contributed by atoms with Gasteiger partial charge in [-0.1, -0.05) is 53.2 Å². The highest BCUT2D eigenvalue weighted by atomic mass is 32.2. The van der Waals surface area contributed by atoms with Crippen LogP contribution >= 0.6 is 0 Å². The second-order valence-electron chi connectivity index (χ2n) is 9.53. The number of hydrogen-bond acceptors (Lipinski definition) is 8. The van der Waals surface area contributed by atoms with Gasteiger partial charge in [0.25, 0.3) is 10.1 Å². The first-order valence-electron chi connectivity index (χ1n) is 12.0. The van der Waals surface area contributed by atoms with E-state index in [0.29, 0.717) is 31.1 Å². The molecule has 3 aromatic rings. The fourth-order valence-electron chi connectivity index (χ4n) is 3.10. The topological polar surface area (TPSA) is 158 Å². The lowest BCUT2D eigenvalue weighted by atomic mass is 10.1. The number of alkyl carbamates (subject to hydrolysis) is 1. The Kier molecular flexibility index (Phi) is 11.2. The van der Waals surface area contributed by atoms with Crippen molar-refractivity contribution in [2.24, 2.45) is 5.73 Å². The van der Waals surface area contributed by atoms with Crippen molar-refractivity contribution in [2.45, 2.75) is 69.9 Å². The van der Waals surface area contributed by atoms with Gasteiger partial charge in [-0.3, -0.25) is 4.55 Å². The van der Waals surface area contributed by atoms with Crippen LogP contribution in [0.4, 0.5) is 4.79 Å². The fraction of sp³-hybridized carbons (Fsp3) is 0.423. The summed E-state index contributed by atoms with van der Waals surface area (Å²) in [6.45, 7) is 7.89. The highest BCUT2D eigenvalue weighted by Gasteiger charge is 2.17. The second-order valence-corrected chi connectivity index (χ2v) is 11.0. The molecular formula is C26H36N4O6S. The lowest BCUT2D eigenvalue weighted by Crippen LogP contribution is -2.33. The maximum absolute atomic E-state index is 11.5. The number of carbonyl (C=O) groups excluding carboxylic acids is 1. The van der Waals surface area contributed by atoms with Crippen LogP contribution in [0, 0.1) is 6.92 Å². The minimum atomic E-state index is -4.02. The van der Waals surface area contributed by atoms with Gasteiger partial charge in [-0.15, -0.1) is 0 Å². The highest BCUT2D eigenvalue weighted by Crippen LogP contribution is 2.16. The summed E-state index contributed by atoms with van der Waals surface area (Å²) in [7, 11) is -4.02. The van der Waals surface area contributed by atoms with Crippen molar-refractivity contribution in [3.05, 3.63) is 77.4 Å². The molecule has 1 atom stereocenters. The van der Waals surface area contributed by atoms with Crippen molar-refractivity contribution >= 4 is 16.2 Å². The number of nitrogens with zero attached hydrogens (tertiary/aromatic N) is 2. The van der Waals surface area contributed by atoms with Crippen molar-refractivity contribution in [3.63, 3.8) is 0 Å². The molecule has 0 radical (unpaired) electrons. The first-order chi connectivity index (χ1) is 17.3. The van der Waals surface area contributed by atoms with E-state index in [-0.39, 0.29) is 10.9 Å². The largest absolute Gasteiger partial charge is 0.444 e. The molecule has 10 nitrogen and oxygen atoms in total. The van der Waals surface area contributed by atoms with Gasteiger partial charge in [-0.2, -0.15) is 13.4 Å². The maximum atomic E-state index is 11.5. The number of unbranched alkanes of at least 4 members (excludes halogenated alkanes) is 1. The Bertz CT molecular complexity index is 1210. The number of aromatic nitrogens is 2. The van der Waals surface area contributed by atoms with Crippen LogP contribution in [0.15, 0.2) is 64.0 Å². The predicted molar refractivity (Wildman–Crippen MR) is 140 cm³/mol. The summed E-state index contributed by atoms with van der Waals surface area (Å²) < 4.78 is 40.0. The van der Waals surface area contributed by atoms with Crippen LogP contribution < -0.4 is 11.1 Å². The third-order valence-corrected chi connectivity index (χ3v) is 5.80. The Morgan fingerprint density at radius 3 is 2.35 bits per heavy atom. The summed E-state index contributed by atoms with van der Waals surface area (Å²) in [4.78, 5) is 15.9. The first-order valence-corrected chi connectivity index (χ1v) is 13.4. The van der Waals surface area contributed by atoms with Gasteiger partial charge in [0.15, 0.2) is 5.82 Å². The van der Waals surface area contributed by atoms with Crippen LogP contribution in [0.2, 0.25) is 0 Å². The monoisotopic (exact) mass is 532 g/mol. The van der Waals surface area contributed by atoms with Gasteiger partial charge < -0.3 is 20.3 Å². The molecule has 1 aromatic heterocycles. The lowest BCUT2D eigenvalue weighted by Gasteiger charge is -2.19. The summed E-state index contributed by atoms with van der Waals surface area (Å²) in [5, 5.41) is 6.73. The summed E-state index contributed by atoms with van der Waals surface area (Å²) in [6, 6.07) is 15.7. The molecule has 11 heteroatoms. The van der Waals surface area contributed by atoms with Crippen LogP contribution in [0.25, 0.3) is 0 Å². The van der Waals surface area contributed by atoms with E-state index in [0.717, 1.165) is 24.0 Å². The van der Waals surface area contributed by atoms with Gasteiger partial charge >= 0.3 is 6.09 Å². The number of amides is 1. The molecule has 0 spiro atoms. The van der Waals surface area contributed by atoms with Crippen LogP contribution in [-0.4, -0.2) is 41.4 Å². The molecule has 1 amide bonds. The van der Waals surface area contributed by atoms with Crippen molar-refractivity contribution in [1.29, 1.82) is 0 Å². The standard InChI is InChI=1S/C19H28N4O3.C7H8O3S/c1-19(2,3)25-18(24)21-12-8-7-11-15(20)17-22-16(23-26-17)13-14-9-5-4-6-10-14;1-6-2-4-7(5-3-6)11(8,9)10/h4-6,9-10,15H,7-8,11-13,20H2,1-3H3,(H,21,24);2-5H,1H3,(H,8,9,10). The molecule has 0 saturated carbocycles. The second kappa shape index (κ2) is 13.9. The molecule has 1 unspecified atom stereocenters. The van der Waals surface area contributed by atoms with Gasteiger partial charge in [-0.25, -0.2) is 4.79 Å². The number of aryl methyl sites for hydroxylation is 1. The minimum absolute atomic E-state index is 0.0666. The Morgan fingerprint density at radius 2 is 1.76 bits per heavy atom. The lowest BCUT2D eigenvalue weighted by molar-refractivity contribution is 0.0527. The van der Waals surface area contributed by atoms with E-state index < -0.39 is 21.8 Å². The molecule has 37 heavy (non-hydrogen) atoms. The highest BCUT2D eigenvalue weighted by molar-refractivity contribution is 7.85. The fourth-order valence-corrected chi connectivity index (χ4v) is 3.58. The van der Waals surface area contributed by atoms with E-state index in [9.17, 15) is 13.2 Å². The number of rotatable bonds is 9. The molecule has 2 aromatic carbocycles. The zero-order valence-electron chi connectivity index (χ0n) is 21.7. The quantitative estimate of drug-likeness (QED) is 0.264. The number of hydrogen-bond donors (Lipinski definition) is 3. The van der Waals surface area contributed by atoms with Gasteiger partial charge in [0.2, 0.25) is 5.89 Å². The Labute approximate surface area is 218 Å². The van der Waals surface area contributed by atoms with E-state index >= 15 is 0 Å². The van der Waals surface area contributed by atoms with E-state index in [1.807, 2.05) is 58.0 Å². The molecule has 202 valence electrons. The SMILES string of the molecule is CC(C)(C)OC(=O)NCCCCC(N)c1nc(Cc2ccccc2)no1.Cc1ccc(S(=O)(=O)O)cc1. The number of carbonyl (C=O) groups is 1. The zero-order valence-corrected chi connectivity index (χ0v) is 22.5. The first kappa shape index (κ1) is 29.9. The van der Waals surface area contributed by atoms with Crippen molar-refractivity contribution < 1.29 is 27.0 Å². The van der Waals surface area contributed by atoms with Gasteiger partial charge in [-0.05, 0) is 64.7 Å². The van der Waals surface area contributed by atoms with E-state index in [2.05, 4.69) is 15.5 Å². The molecular weight excluding hydrogens is 496 g/mol. The predicted octanol–water partition coefficient (Wildman–Crippen LogP) is 4.60. The number of benzene rings is 2. The van der Waals surface area contributed by atoms with Gasteiger partial charge in [0.05, 0.1) is 10.9 Å². The summed E-state index contributed by atoms with van der Waals surface area (Å²) in [5.41, 5.74) is 7.72. The third kappa shape index (κ3) is 12.0. The summed E-state index contributed by atoms with van der Waals surface area (Å²) in [5.74, 6) is 1.09. The number of nitrogens with two attached hydrogens (primary N) is 1. The van der Waals surface area contributed by atoms with Crippen LogP contribution in [-0.2, 0) is 21.3 Å². The van der Waals surface area contributed by atoms with Crippen molar-refractivity contribution in [1.82, 2.24) is 15.5 Å². The average molecular weight is 533 g/mol. The molecule has 4 N–H and O–H groups in total. The van der Waals surface area contributed by atoms with Gasteiger partial charge in [0.1, 0.15) is 5.60 Å². The van der Waals surface area contributed by atoms with Gasteiger partial charge in [0, 0.05) is 13.0 Å². The maximum Gasteiger partial charge on any atom is 0.407 e. The molecule has 0 saturated heterocycles. The normalized spacial score (nSPS) is 12.3. The zero-order chi connectivity index (χ0) is 27.5. The van der Waals surface area contributed by atoms with Crippen LogP contribution in [0.5, 0.6) is 0 Å². The third-order valence-electron chi connectivity index (χ3n) is 4.94. The Hall–Kier alpha value is -3.28. The minimum Gasteiger partial charge on any atom is -0.444 e. The Morgan fingerprint density at radius 1 is 1.11 bits per heavy atom. The molecule has 0 aliphatic heterocycles. The average Bonchev–Trinajstić information content (AvgIpc) is 3.27.